The number of alkyl halides is 3. The number of nitrogens with two attached hydrogens (primary N) is 1. The number of imidazole rings is 1. The summed E-state index contributed by atoms with van der Waals surface area (Å²) in [5.41, 5.74) is 9.11. The molecule has 1 aliphatic heterocycles. The first-order valence-electron chi connectivity index (χ1n) is 13.0. The van der Waals surface area contributed by atoms with Crippen LogP contribution < -0.4 is 10.6 Å². The van der Waals surface area contributed by atoms with Crippen molar-refractivity contribution >= 4 is 5.69 Å². The Labute approximate surface area is 218 Å². The number of aromatic amines is 1. The summed E-state index contributed by atoms with van der Waals surface area (Å²) in [5, 5.41) is 0. The van der Waals surface area contributed by atoms with E-state index in [-0.39, 0.29) is 12.1 Å². The second-order valence-electron chi connectivity index (χ2n) is 9.92. The third kappa shape index (κ3) is 7.96. The second kappa shape index (κ2) is 13.0. The first-order chi connectivity index (χ1) is 17.6. The summed E-state index contributed by atoms with van der Waals surface area (Å²) in [5.74, 6) is 1.37. The lowest BCUT2D eigenvalue weighted by molar-refractivity contribution is -0.137. The maximum absolute atomic E-state index is 13.2. The van der Waals surface area contributed by atoms with Gasteiger partial charge in [0.2, 0.25) is 0 Å². The average Bonchev–Trinajstić information content (AvgIpc) is 3.49. The van der Waals surface area contributed by atoms with Crippen LogP contribution in [0.3, 0.4) is 0 Å². The number of rotatable bonds is 11. The minimum absolute atomic E-state index is 0.0135. The molecule has 0 saturated carbocycles. The monoisotopic (exact) mass is 512 g/mol. The predicted octanol–water partition coefficient (Wildman–Crippen LogP) is 7.17. The van der Waals surface area contributed by atoms with Crippen molar-refractivity contribution in [2.75, 3.05) is 11.4 Å². The van der Waals surface area contributed by atoms with Gasteiger partial charge in [0, 0.05) is 43.0 Å². The lowest BCUT2D eigenvalue weighted by atomic mass is 10.0. The number of nitrogens with one attached hydrogen (secondary N) is 1. The predicted molar refractivity (Wildman–Crippen MR) is 146 cm³/mol. The number of allylic oxidation sites excluding steroid dienone is 2. The molecule has 3 rings (SSSR count). The van der Waals surface area contributed by atoms with Crippen molar-refractivity contribution in [1.29, 1.82) is 0 Å². The van der Waals surface area contributed by atoms with Crippen molar-refractivity contribution in [3.63, 3.8) is 0 Å². The molecule has 0 radical (unpaired) electrons. The Kier molecular flexibility index (Phi) is 9.98. The highest BCUT2D eigenvalue weighted by Gasteiger charge is 2.35. The summed E-state index contributed by atoms with van der Waals surface area (Å²) >= 11 is 0. The summed E-state index contributed by atoms with van der Waals surface area (Å²) in [4.78, 5) is 9.87. The Bertz CT molecular complexity index is 1110. The summed E-state index contributed by atoms with van der Waals surface area (Å²) in [6.45, 7) is 11.1. The number of hydrogen-bond donors (Lipinski definition) is 2. The molecule has 1 fully saturated rings. The molecule has 2 heterocycles. The van der Waals surface area contributed by atoms with Gasteiger partial charge in [0.1, 0.15) is 5.82 Å². The van der Waals surface area contributed by atoms with Gasteiger partial charge in [-0.15, -0.1) is 0 Å². The van der Waals surface area contributed by atoms with Gasteiger partial charge in [0.15, 0.2) is 0 Å². The van der Waals surface area contributed by atoms with Crippen molar-refractivity contribution in [1.82, 2.24) is 9.97 Å². The number of benzene rings is 1. The van der Waals surface area contributed by atoms with Crippen molar-refractivity contribution in [2.45, 2.75) is 71.1 Å². The molecule has 1 saturated heterocycles. The molecule has 1 aromatic carbocycles. The normalized spacial score (nSPS) is 19.1. The van der Waals surface area contributed by atoms with Gasteiger partial charge in [-0.2, -0.15) is 13.2 Å². The van der Waals surface area contributed by atoms with E-state index >= 15 is 0 Å². The van der Waals surface area contributed by atoms with Crippen molar-refractivity contribution in [3.8, 4) is 0 Å². The van der Waals surface area contributed by atoms with E-state index in [9.17, 15) is 13.2 Å². The van der Waals surface area contributed by atoms with E-state index in [1.165, 1.54) is 0 Å². The minimum atomic E-state index is -4.36. The molecule has 0 spiro atoms. The van der Waals surface area contributed by atoms with Gasteiger partial charge in [0.25, 0.3) is 0 Å². The van der Waals surface area contributed by atoms with Crippen LogP contribution in [0, 0.1) is 5.92 Å². The van der Waals surface area contributed by atoms with E-state index < -0.39 is 11.7 Å². The SMILES string of the molecule is C=C(/C=C\Cc1cnc(CC)[nH]1)C1CCC(C/C=C\C(=C/C(C)C)CN)N1c1ccc(C(F)(F)F)cc1. The molecule has 200 valence electrons. The highest BCUT2D eigenvalue weighted by molar-refractivity contribution is 5.54. The van der Waals surface area contributed by atoms with Crippen LogP contribution in [0.1, 0.15) is 57.1 Å². The smallest absolute Gasteiger partial charge is 0.361 e. The molecule has 3 N–H and O–H groups in total. The average molecular weight is 513 g/mol. The van der Waals surface area contributed by atoms with Crippen LogP contribution in [0.15, 0.2) is 78.6 Å². The molecule has 0 aliphatic carbocycles. The van der Waals surface area contributed by atoms with E-state index in [2.05, 4.69) is 66.5 Å². The first-order valence-corrected chi connectivity index (χ1v) is 13.0. The van der Waals surface area contributed by atoms with Crippen molar-refractivity contribution < 1.29 is 13.2 Å². The standard InChI is InChI=1S/C30H39F3N4/c1-5-29-35-20-25(36-29)10-6-8-22(4)28-17-16-26(11-7-9-23(19-34)18-21(2)3)37(28)27-14-12-24(13-15-27)30(31,32)33/h6-9,12-15,18,20-21,26,28H,4-5,10-11,16-17,19,34H2,1-3H3,(H,35,36)/b8-6-,9-7-,23-18+. The Morgan fingerprint density at radius 3 is 2.51 bits per heavy atom. The number of nitrogens with zero attached hydrogens (tertiary/aromatic N) is 2. The fourth-order valence-electron chi connectivity index (χ4n) is 4.83. The molecule has 2 atom stereocenters. The molecule has 37 heavy (non-hydrogen) atoms. The molecule has 1 aromatic heterocycles. The zero-order valence-electron chi connectivity index (χ0n) is 22.1. The molecule has 2 aromatic rings. The van der Waals surface area contributed by atoms with Gasteiger partial charge in [-0.25, -0.2) is 4.98 Å². The first kappa shape index (κ1) is 28.5. The van der Waals surface area contributed by atoms with Crippen LogP contribution in [0.2, 0.25) is 0 Å². The summed E-state index contributed by atoms with van der Waals surface area (Å²) < 4.78 is 39.5. The van der Waals surface area contributed by atoms with E-state index in [1.807, 2.05) is 12.3 Å². The lowest BCUT2D eigenvalue weighted by Gasteiger charge is -2.33. The van der Waals surface area contributed by atoms with E-state index in [4.69, 9.17) is 5.73 Å². The van der Waals surface area contributed by atoms with Gasteiger partial charge < -0.3 is 15.6 Å². The molecule has 4 nitrogen and oxygen atoms in total. The van der Waals surface area contributed by atoms with Crippen molar-refractivity contribution in [3.05, 3.63) is 95.6 Å². The van der Waals surface area contributed by atoms with Crippen LogP contribution in [-0.2, 0) is 19.0 Å². The number of aryl methyl sites for hydroxylation is 1. The van der Waals surface area contributed by atoms with Crippen LogP contribution in [0.25, 0.3) is 0 Å². The fourth-order valence-corrected chi connectivity index (χ4v) is 4.83. The number of H-pyrrole nitrogens is 1. The van der Waals surface area contributed by atoms with Crippen LogP contribution >= 0.6 is 0 Å². The van der Waals surface area contributed by atoms with Crippen LogP contribution in [0.5, 0.6) is 0 Å². The summed E-state index contributed by atoms with van der Waals surface area (Å²) in [7, 11) is 0. The van der Waals surface area contributed by atoms with Gasteiger partial charge in [0.05, 0.1) is 11.6 Å². The third-order valence-electron chi connectivity index (χ3n) is 6.63. The van der Waals surface area contributed by atoms with Crippen LogP contribution in [0.4, 0.5) is 18.9 Å². The van der Waals surface area contributed by atoms with E-state index in [0.29, 0.717) is 12.5 Å². The lowest BCUT2D eigenvalue weighted by Crippen LogP contribution is -2.36. The molecule has 0 bridgehead atoms. The largest absolute Gasteiger partial charge is 0.416 e. The fraction of sp³-hybridized carbons (Fsp3) is 0.433. The van der Waals surface area contributed by atoms with Gasteiger partial charge in [-0.3, -0.25) is 0 Å². The summed E-state index contributed by atoms with van der Waals surface area (Å²) in [6.07, 6.45) is 12.1. The maximum Gasteiger partial charge on any atom is 0.416 e. The molecule has 2 unspecified atom stereocenters. The van der Waals surface area contributed by atoms with Gasteiger partial charge in [-0.05, 0) is 60.6 Å². The molecule has 0 amide bonds. The van der Waals surface area contributed by atoms with Crippen molar-refractivity contribution in [2.24, 2.45) is 11.7 Å². The number of aromatic nitrogens is 2. The number of anilines is 1. The molecular formula is C30H39F3N4. The minimum Gasteiger partial charge on any atom is -0.361 e. The Balaban J connectivity index is 1.79. The third-order valence-corrected chi connectivity index (χ3v) is 6.63. The second-order valence-corrected chi connectivity index (χ2v) is 9.92. The quantitative estimate of drug-likeness (QED) is 0.314. The Morgan fingerprint density at radius 1 is 1.19 bits per heavy atom. The zero-order valence-corrected chi connectivity index (χ0v) is 22.1. The highest BCUT2D eigenvalue weighted by Crippen LogP contribution is 2.37. The Hall–Kier alpha value is -3.06. The topological polar surface area (TPSA) is 57.9 Å². The molecule has 1 aliphatic rings. The number of halogens is 3. The van der Waals surface area contributed by atoms with Crippen LogP contribution in [-0.4, -0.2) is 28.6 Å². The molecular weight excluding hydrogens is 473 g/mol. The number of hydrogen-bond acceptors (Lipinski definition) is 3. The Morgan fingerprint density at radius 2 is 1.92 bits per heavy atom. The maximum atomic E-state index is 13.2. The highest BCUT2D eigenvalue weighted by atomic mass is 19.4. The van der Waals surface area contributed by atoms with Gasteiger partial charge >= 0.3 is 6.18 Å². The van der Waals surface area contributed by atoms with Gasteiger partial charge in [-0.1, -0.05) is 57.7 Å². The van der Waals surface area contributed by atoms with E-state index in [0.717, 1.165) is 72.6 Å². The molecule has 7 heteroatoms. The van der Waals surface area contributed by atoms with E-state index in [1.54, 1.807) is 12.1 Å². The summed E-state index contributed by atoms with van der Waals surface area (Å²) in [6, 6.07) is 5.65. The zero-order chi connectivity index (χ0) is 27.0.